The summed E-state index contributed by atoms with van der Waals surface area (Å²) in [6.07, 6.45) is 1.73. The van der Waals surface area contributed by atoms with Gasteiger partial charge in [0.1, 0.15) is 12.4 Å². The number of amides is 2. The number of nitrogens with zero attached hydrogens (tertiary/aromatic N) is 1. The van der Waals surface area contributed by atoms with Crippen molar-refractivity contribution in [3.63, 3.8) is 0 Å². The lowest BCUT2D eigenvalue weighted by molar-refractivity contribution is -0.122. The molecule has 1 fully saturated rings. The molecule has 0 unspecified atom stereocenters. The lowest BCUT2D eigenvalue weighted by Gasteiger charge is -2.13. The zero-order chi connectivity index (χ0) is 21.3. The number of rotatable bonds is 5. The zero-order valence-electron chi connectivity index (χ0n) is 16.0. The van der Waals surface area contributed by atoms with Crippen LogP contribution < -0.4 is 4.74 Å². The molecule has 1 aliphatic heterocycles. The van der Waals surface area contributed by atoms with Crippen LogP contribution in [0.25, 0.3) is 16.8 Å². The number of hydrogen-bond donors (Lipinski definition) is 0. The van der Waals surface area contributed by atoms with Gasteiger partial charge in [-0.05, 0) is 90.7 Å². The van der Waals surface area contributed by atoms with E-state index < -0.39 is 0 Å². The Hall–Kier alpha value is -2.09. The van der Waals surface area contributed by atoms with Gasteiger partial charge in [0.05, 0.1) is 13.9 Å². The van der Waals surface area contributed by atoms with E-state index >= 15 is 0 Å². The molecule has 3 aromatic carbocycles. The number of ether oxygens (including phenoxy) is 1. The topological polar surface area (TPSA) is 46.6 Å². The predicted octanol–water partition coefficient (Wildman–Crippen LogP) is 7.00. The number of imide groups is 1. The fourth-order valence-corrected chi connectivity index (χ4v) is 5.65. The van der Waals surface area contributed by atoms with Crippen LogP contribution in [-0.2, 0) is 11.4 Å². The molecule has 4 rings (SSSR count). The summed E-state index contributed by atoms with van der Waals surface area (Å²) in [6, 6.07) is 18.1. The molecule has 0 saturated carbocycles. The van der Waals surface area contributed by atoms with E-state index in [-0.39, 0.29) is 11.1 Å². The first-order valence-electron chi connectivity index (χ1n) is 9.31. The SMILES string of the molecule is CCN1C(=O)S/C(=C/c2cc(Br)c(OCc3cccc4ccccc34)c(Br)c2)C1=O. The Labute approximate surface area is 195 Å². The average Bonchev–Trinajstić information content (AvgIpc) is 2.99. The Kier molecular flexibility index (Phi) is 6.32. The van der Waals surface area contributed by atoms with E-state index in [1.54, 1.807) is 13.0 Å². The van der Waals surface area contributed by atoms with E-state index in [1.165, 1.54) is 10.3 Å². The van der Waals surface area contributed by atoms with Crippen LogP contribution in [0.15, 0.2) is 68.4 Å². The maximum atomic E-state index is 12.3. The van der Waals surface area contributed by atoms with Gasteiger partial charge in [0.2, 0.25) is 0 Å². The summed E-state index contributed by atoms with van der Waals surface area (Å²) in [5.41, 5.74) is 1.90. The normalized spacial score (nSPS) is 15.4. The van der Waals surface area contributed by atoms with Crippen molar-refractivity contribution < 1.29 is 14.3 Å². The van der Waals surface area contributed by atoms with Gasteiger partial charge in [-0.15, -0.1) is 0 Å². The first-order chi connectivity index (χ1) is 14.5. The smallest absolute Gasteiger partial charge is 0.293 e. The number of carbonyl (C=O) groups is 2. The van der Waals surface area contributed by atoms with Gasteiger partial charge in [-0.2, -0.15) is 0 Å². The number of thioether (sulfide) groups is 1. The Balaban J connectivity index is 1.57. The lowest BCUT2D eigenvalue weighted by atomic mass is 10.1. The third kappa shape index (κ3) is 4.19. The maximum Gasteiger partial charge on any atom is 0.293 e. The molecule has 0 spiro atoms. The Bertz CT molecular complexity index is 1160. The predicted molar refractivity (Wildman–Crippen MR) is 128 cm³/mol. The average molecular weight is 547 g/mol. The van der Waals surface area contributed by atoms with Gasteiger partial charge in [-0.3, -0.25) is 14.5 Å². The summed E-state index contributed by atoms with van der Waals surface area (Å²) < 4.78 is 7.63. The third-order valence-corrected chi connectivity index (χ3v) is 6.85. The van der Waals surface area contributed by atoms with E-state index in [0.717, 1.165) is 37.2 Å². The van der Waals surface area contributed by atoms with Crippen molar-refractivity contribution in [1.29, 1.82) is 0 Å². The highest BCUT2D eigenvalue weighted by atomic mass is 79.9. The van der Waals surface area contributed by atoms with Crippen molar-refractivity contribution in [2.45, 2.75) is 13.5 Å². The van der Waals surface area contributed by atoms with Crippen LogP contribution in [0.4, 0.5) is 4.79 Å². The molecule has 7 heteroatoms. The van der Waals surface area contributed by atoms with Gasteiger partial charge < -0.3 is 4.74 Å². The van der Waals surface area contributed by atoms with Crippen LogP contribution in [0.5, 0.6) is 5.75 Å². The molecular formula is C23H17Br2NO3S. The molecule has 30 heavy (non-hydrogen) atoms. The highest BCUT2D eigenvalue weighted by molar-refractivity contribution is 9.11. The minimum absolute atomic E-state index is 0.234. The van der Waals surface area contributed by atoms with Crippen LogP contribution in [0.2, 0.25) is 0 Å². The van der Waals surface area contributed by atoms with Crippen LogP contribution >= 0.6 is 43.6 Å². The lowest BCUT2D eigenvalue weighted by Crippen LogP contribution is -2.27. The minimum Gasteiger partial charge on any atom is -0.487 e. The molecule has 0 radical (unpaired) electrons. The number of likely N-dealkylation sites (N-methyl/N-ethyl adjacent to an activating group) is 1. The van der Waals surface area contributed by atoms with Crippen LogP contribution in [0.3, 0.4) is 0 Å². The molecule has 0 aliphatic carbocycles. The number of benzene rings is 3. The molecule has 0 bridgehead atoms. The van der Waals surface area contributed by atoms with Crippen molar-refractivity contribution in [3.8, 4) is 5.75 Å². The van der Waals surface area contributed by atoms with Crippen molar-refractivity contribution in [2.24, 2.45) is 0 Å². The summed E-state index contributed by atoms with van der Waals surface area (Å²) in [5, 5.41) is 2.10. The van der Waals surface area contributed by atoms with Gasteiger partial charge in [-0.1, -0.05) is 42.5 Å². The number of hydrogen-bond acceptors (Lipinski definition) is 4. The van der Waals surface area contributed by atoms with Gasteiger partial charge in [0.25, 0.3) is 11.1 Å². The third-order valence-electron chi connectivity index (χ3n) is 4.76. The van der Waals surface area contributed by atoms with Crippen LogP contribution in [0.1, 0.15) is 18.1 Å². The standard InChI is InChI=1S/C23H17Br2NO3S/c1-2-26-22(27)20(30-23(26)28)12-14-10-18(24)21(19(25)11-14)29-13-16-8-5-7-15-6-3-4-9-17(15)16/h3-12H,2,13H2,1H3/b20-12+. The molecule has 3 aromatic rings. The summed E-state index contributed by atoms with van der Waals surface area (Å²) in [4.78, 5) is 25.9. The zero-order valence-corrected chi connectivity index (χ0v) is 20.0. The van der Waals surface area contributed by atoms with Gasteiger partial charge in [-0.25, -0.2) is 0 Å². The Morgan fingerprint density at radius 2 is 1.73 bits per heavy atom. The second-order valence-electron chi connectivity index (χ2n) is 6.67. The summed E-state index contributed by atoms with van der Waals surface area (Å²) in [5.74, 6) is 0.428. The van der Waals surface area contributed by atoms with Crippen LogP contribution in [-0.4, -0.2) is 22.6 Å². The minimum atomic E-state index is -0.254. The summed E-state index contributed by atoms with van der Waals surface area (Å²) >= 11 is 8.10. The van der Waals surface area contributed by atoms with E-state index in [4.69, 9.17) is 4.74 Å². The molecule has 0 atom stereocenters. The molecule has 4 nitrogen and oxygen atoms in total. The summed E-state index contributed by atoms with van der Waals surface area (Å²) in [7, 11) is 0. The number of halogens is 2. The fraction of sp³-hybridized carbons (Fsp3) is 0.130. The Morgan fingerprint density at radius 3 is 2.43 bits per heavy atom. The van der Waals surface area contributed by atoms with Crippen molar-refractivity contribution in [2.75, 3.05) is 6.54 Å². The molecule has 0 N–H and O–H groups in total. The number of fused-ring (bicyclic) bond motifs is 1. The molecular weight excluding hydrogens is 530 g/mol. The maximum absolute atomic E-state index is 12.3. The monoisotopic (exact) mass is 545 g/mol. The fourth-order valence-electron chi connectivity index (χ4n) is 3.29. The summed E-state index contributed by atoms with van der Waals surface area (Å²) in [6.45, 7) is 2.58. The second kappa shape index (κ2) is 8.96. The molecule has 1 aliphatic rings. The second-order valence-corrected chi connectivity index (χ2v) is 9.37. The van der Waals surface area contributed by atoms with E-state index in [2.05, 4.69) is 56.1 Å². The van der Waals surface area contributed by atoms with Gasteiger partial charge in [0, 0.05) is 6.54 Å². The van der Waals surface area contributed by atoms with E-state index in [0.29, 0.717) is 23.8 Å². The van der Waals surface area contributed by atoms with Crippen molar-refractivity contribution >= 4 is 71.6 Å². The largest absolute Gasteiger partial charge is 0.487 e. The van der Waals surface area contributed by atoms with Crippen molar-refractivity contribution in [1.82, 2.24) is 4.90 Å². The van der Waals surface area contributed by atoms with E-state index in [1.807, 2.05) is 30.3 Å². The van der Waals surface area contributed by atoms with Crippen molar-refractivity contribution in [3.05, 3.63) is 79.6 Å². The first-order valence-corrected chi connectivity index (χ1v) is 11.7. The number of carbonyl (C=O) groups excluding carboxylic acids is 2. The molecule has 1 saturated heterocycles. The molecule has 0 aromatic heterocycles. The molecule has 1 heterocycles. The van der Waals surface area contributed by atoms with E-state index in [9.17, 15) is 9.59 Å². The quantitative estimate of drug-likeness (QED) is 0.323. The van der Waals surface area contributed by atoms with Gasteiger partial charge in [0.15, 0.2) is 0 Å². The first kappa shape index (κ1) is 21.2. The molecule has 2 amide bonds. The molecule has 152 valence electrons. The Morgan fingerprint density at radius 1 is 1.03 bits per heavy atom. The van der Waals surface area contributed by atoms with Gasteiger partial charge >= 0.3 is 0 Å². The van der Waals surface area contributed by atoms with Crippen LogP contribution in [0, 0.1) is 0 Å². The highest BCUT2D eigenvalue weighted by Gasteiger charge is 2.33. The highest BCUT2D eigenvalue weighted by Crippen LogP contribution is 2.38.